The number of nitrogens with one attached hydrogen (secondary N) is 1. The largest absolute Gasteiger partial charge is 0.481 e. The van der Waals surface area contributed by atoms with Crippen molar-refractivity contribution in [3.05, 3.63) is 64.2 Å². The van der Waals surface area contributed by atoms with Crippen molar-refractivity contribution in [2.45, 2.75) is 36.5 Å². The van der Waals surface area contributed by atoms with Crippen molar-refractivity contribution in [3.8, 4) is 0 Å². The summed E-state index contributed by atoms with van der Waals surface area (Å²) in [5.74, 6) is -0.838. The Bertz CT molecular complexity index is 910. The Kier molecular flexibility index (Phi) is 5.65. The summed E-state index contributed by atoms with van der Waals surface area (Å²) in [6.45, 7) is 0.286. The van der Waals surface area contributed by atoms with Crippen LogP contribution in [-0.2, 0) is 27.7 Å². The van der Waals surface area contributed by atoms with Gasteiger partial charge in [0.25, 0.3) is 0 Å². The fourth-order valence-electron chi connectivity index (χ4n) is 3.35. The van der Waals surface area contributed by atoms with Gasteiger partial charge in [-0.1, -0.05) is 29.8 Å². The van der Waals surface area contributed by atoms with Crippen LogP contribution in [0.25, 0.3) is 0 Å². The third-order valence-electron chi connectivity index (χ3n) is 4.65. The summed E-state index contributed by atoms with van der Waals surface area (Å²) in [7, 11) is -3.61. The molecule has 1 atom stereocenters. The van der Waals surface area contributed by atoms with Crippen LogP contribution in [0.5, 0.6) is 0 Å². The Morgan fingerprint density at radius 1 is 1.19 bits per heavy atom. The van der Waals surface area contributed by atoms with Gasteiger partial charge < -0.3 is 5.11 Å². The van der Waals surface area contributed by atoms with E-state index in [-0.39, 0.29) is 23.8 Å². The molecule has 2 N–H and O–H groups in total. The van der Waals surface area contributed by atoms with Crippen molar-refractivity contribution in [1.29, 1.82) is 0 Å². The van der Waals surface area contributed by atoms with Crippen LogP contribution in [0.2, 0.25) is 5.02 Å². The number of aliphatic carboxylic acids is 1. The van der Waals surface area contributed by atoms with Gasteiger partial charge in [-0.05, 0) is 66.1 Å². The van der Waals surface area contributed by atoms with E-state index in [4.69, 9.17) is 16.7 Å². The van der Waals surface area contributed by atoms with E-state index in [1.54, 1.807) is 12.1 Å². The van der Waals surface area contributed by atoms with Crippen molar-refractivity contribution >= 4 is 27.6 Å². The Balaban J connectivity index is 1.77. The molecule has 0 aliphatic heterocycles. The number of carboxylic acids is 1. The molecular formula is C19H20ClNO4S. The average molecular weight is 394 g/mol. The SMILES string of the molecule is O=C(O)Cc1ccc2c(c1)C(CNS(=O)(=O)c1ccc(Cl)cc1)CCC2. The molecule has 26 heavy (non-hydrogen) atoms. The number of aryl methyl sites for hydroxylation is 1. The molecule has 0 heterocycles. The van der Waals surface area contributed by atoms with Gasteiger partial charge in [0.2, 0.25) is 10.0 Å². The van der Waals surface area contributed by atoms with Gasteiger partial charge >= 0.3 is 5.97 Å². The molecule has 5 nitrogen and oxygen atoms in total. The van der Waals surface area contributed by atoms with E-state index in [2.05, 4.69) is 4.72 Å². The second-order valence-electron chi connectivity index (χ2n) is 6.50. The highest BCUT2D eigenvalue weighted by atomic mass is 35.5. The molecule has 2 aromatic rings. The van der Waals surface area contributed by atoms with Gasteiger partial charge in [-0.3, -0.25) is 4.79 Å². The quantitative estimate of drug-likeness (QED) is 0.788. The van der Waals surface area contributed by atoms with Crippen molar-refractivity contribution in [3.63, 3.8) is 0 Å². The topological polar surface area (TPSA) is 83.5 Å². The lowest BCUT2D eigenvalue weighted by molar-refractivity contribution is -0.136. The maximum Gasteiger partial charge on any atom is 0.307 e. The molecule has 1 aliphatic rings. The van der Waals surface area contributed by atoms with Crippen molar-refractivity contribution in [2.24, 2.45) is 0 Å². The van der Waals surface area contributed by atoms with Crippen molar-refractivity contribution in [1.82, 2.24) is 4.72 Å². The molecule has 7 heteroatoms. The van der Waals surface area contributed by atoms with Crippen molar-refractivity contribution < 1.29 is 18.3 Å². The first-order valence-electron chi connectivity index (χ1n) is 8.44. The fourth-order valence-corrected chi connectivity index (χ4v) is 4.56. The smallest absolute Gasteiger partial charge is 0.307 e. The van der Waals surface area contributed by atoms with Crippen LogP contribution < -0.4 is 4.72 Å². The first kappa shape index (κ1) is 18.9. The summed E-state index contributed by atoms with van der Waals surface area (Å²) in [6, 6.07) is 11.8. The molecule has 0 amide bonds. The number of benzene rings is 2. The Morgan fingerprint density at radius 3 is 2.62 bits per heavy atom. The molecule has 0 saturated carbocycles. The molecule has 0 bridgehead atoms. The molecule has 138 valence electrons. The number of sulfonamides is 1. The number of carbonyl (C=O) groups is 1. The van der Waals surface area contributed by atoms with E-state index in [1.807, 2.05) is 18.2 Å². The molecule has 0 spiro atoms. The zero-order valence-electron chi connectivity index (χ0n) is 14.1. The Labute approximate surface area is 158 Å². The number of fused-ring (bicyclic) bond motifs is 1. The summed E-state index contributed by atoms with van der Waals surface area (Å²) in [5.41, 5.74) is 2.96. The highest BCUT2D eigenvalue weighted by molar-refractivity contribution is 7.89. The van der Waals surface area contributed by atoms with Gasteiger partial charge in [0, 0.05) is 11.6 Å². The lowest BCUT2D eigenvalue weighted by Crippen LogP contribution is -2.30. The summed E-state index contributed by atoms with van der Waals surface area (Å²) in [6.07, 6.45) is 2.75. The summed E-state index contributed by atoms with van der Waals surface area (Å²) < 4.78 is 27.6. The molecule has 0 saturated heterocycles. The first-order valence-corrected chi connectivity index (χ1v) is 10.3. The summed E-state index contributed by atoms with van der Waals surface area (Å²) >= 11 is 5.81. The summed E-state index contributed by atoms with van der Waals surface area (Å²) in [4.78, 5) is 11.1. The molecule has 0 fully saturated rings. The number of hydrogen-bond donors (Lipinski definition) is 2. The zero-order valence-corrected chi connectivity index (χ0v) is 15.7. The van der Waals surface area contributed by atoms with E-state index in [0.29, 0.717) is 5.02 Å². The Morgan fingerprint density at radius 2 is 1.92 bits per heavy atom. The molecule has 2 aromatic carbocycles. The standard InChI is InChI=1S/C19H20ClNO4S/c20-16-6-8-17(9-7-16)26(24,25)21-12-15-3-1-2-14-5-4-13(10-18(14)15)11-19(22)23/h4-10,15,21H,1-3,11-12H2,(H,22,23). The summed E-state index contributed by atoms with van der Waals surface area (Å²) in [5, 5.41) is 9.47. The van der Waals surface area contributed by atoms with Crippen LogP contribution in [0.4, 0.5) is 0 Å². The molecule has 3 rings (SSSR count). The third kappa shape index (κ3) is 4.44. The molecule has 0 aromatic heterocycles. The van der Waals surface area contributed by atoms with Gasteiger partial charge in [0.1, 0.15) is 0 Å². The number of rotatable bonds is 6. The molecule has 0 radical (unpaired) electrons. The van der Waals surface area contributed by atoms with Crippen LogP contribution in [0.3, 0.4) is 0 Å². The lowest BCUT2D eigenvalue weighted by atomic mass is 9.82. The lowest BCUT2D eigenvalue weighted by Gasteiger charge is -2.26. The van der Waals surface area contributed by atoms with E-state index in [1.165, 1.54) is 17.7 Å². The van der Waals surface area contributed by atoms with E-state index in [9.17, 15) is 13.2 Å². The minimum atomic E-state index is -3.61. The van der Waals surface area contributed by atoms with E-state index >= 15 is 0 Å². The van der Waals surface area contributed by atoms with Crippen LogP contribution in [0, 0.1) is 0 Å². The zero-order chi connectivity index (χ0) is 18.7. The minimum Gasteiger partial charge on any atom is -0.481 e. The molecule has 1 aliphatic carbocycles. The highest BCUT2D eigenvalue weighted by Gasteiger charge is 2.23. The third-order valence-corrected chi connectivity index (χ3v) is 6.34. The minimum absolute atomic E-state index is 0.0312. The van der Waals surface area contributed by atoms with E-state index < -0.39 is 16.0 Å². The number of hydrogen-bond acceptors (Lipinski definition) is 3. The second-order valence-corrected chi connectivity index (χ2v) is 8.70. The average Bonchev–Trinajstić information content (AvgIpc) is 2.60. The second kappa shape index (κ2) is 7.78. The number of halogens is 1. The number of carboxylic acid groups (broad SMARTS) is 1. The van der Waals surface area contributed by atoms with Crippen LogP contribution in [0.15, 0.2) is 47.4 Å². The van der Waals surface area contributed by atoms with Gasteiger partial charge in [-0.2, -0.15) is 0 Å². The van der Waals surface area contributed by atoms with Crippen LogP contribution in [-0.4, -0.2) is 26.0 Å². The predicted octanol–water partition coefficient (Wildman–Crippen LogP) is 3.37. The Hall–Kier alpha value is -1.89. The van der Waals surface area contributed by atoms with Gasteiger partial charge in [-0.25, -0.2) is 13.1 Å². The van der Waals surface area contributed by atoms with Crippen LogP contribution in [0.1, 0.15) is 35.4 Å². The van der Waals surface area contributed by atoms with Crippen LogP contribution >= 0.6 is 11.6 Å². The highest BCUT2D eigenvalue weighted by Crippen LogP contribution is 2.32. The fraction of sp³-hybridized carbons (Fsp3) is 0.316. The molecule has 1 unspecified atom stereocenters. The van der Waals surface area contributed by atoms with Gasteiger partial charge in [0.05, 0.1) is 11.3 Å². The van der Waals surface area contributed by atoms with Crippen molar-refractivity contribution in [2.75, 3.05) is 6.54 Å². The van der Waals surface area contributed by atoms with Gasteiger partial charge in [-0.15, -0.1) is 0 Å². The predicted molar refractivity (Wildman–Crippen MR) is 100 cm³/mol. The molecular weight excluding hydrogens is 374 g/mol. The van der Waals surface area contributed by atoms with Gasteiger partial charge in [0.15, 0.2) is 0 Å². The first-order chi connectivity index (χ1) is 12.3. The maximum absolute atomic E-state index is 12.5. The maximum atomic E-state index is 12.5. The monoisotopic (exact) mass is 393 g/mol. The normalized spacial score (nSPS) is 16.9. The van der Waals surface area contributed by atoms with E-state index in [0.717, 1.165) is 30.4 Å².